The molecule has 1 fully saturated rings. The van der Waals surface area contributed by atoms with Crippen LogP contribution in [0.15, 0.2) is 49.2 Å². The van der Waals surface area contributed by atoms with Gasteiger partial charge in [0, 0.05) is 36.6 Å². The molecule has 3 heterocycles. The Bertz CT molecular complexity index is 1290. The van der Waals surface area contributed by atoms with Gasteiger partial charge >= 0.3 is 5.76 Å². The Kier molecular flexibility index (Phi) is 4.50. The number of fused-ring (bicyclic) bond motifs is 1. The maximum Gasteiger partial charge on any atom is 0.417 e. The van der Waals surface area contributed by atoms with Gasteiger partial charge in [-0.05, 0) is 18.2 Å². The molecule has 1 aliphatic heterocycles. The van der Waals surface area contributed by atoms with Crippen LogP contribution in [0.1, 0.15) is 26.5 Å². The fourth-order valence-corrected chi connectivity index (χ4v) is 4.90. The van der Waals surface area contributed by atoms with Gasteiger partial charge in [-0.15, -0.1) is 0 Å². The number of hydrogen-bond donors (Lipinski definition) is 1. The van der Waals surface area contributed by atoms with Crippen molar-refractivity contribution in [2.24, 2.45) is 5.92 Å². The molecule has 1 aliphatic rings. The fourth-order valence-electron chi connectivity index (χ4n) is 3.29. The van der Waals surface area contributed by atoms with Crippen LogP contribution in [0.2, 0.25) is 0 Å². The van der Waals surface area contributed by atoms with Gasteiger partial charge in [-0.2, -0.15) is 9.40 Å². The summed E-state index contributed by atoms with van der Waals surface area (Å²) < 4.78 is 33.4. The molecule has 0 atom stereocenters. The van der Waals surface area contributed by atoms with Crippen molar-refractivity contribution in [2.75, 3.05) is 13.1 Å². The molecule has 1 saturated heterocycles. The van der Waals surface area contributed by atoms with Crippen LogP contribution in [0, 0.1) is 5.92 Å². The van der Waals surface area contributed by atoms with Crippen LogP contribution in [-0.4, -0.2) is 40.6 Å². The molecule has 2 aromatic heterocycles. The molecule has 0 radical (unpaired) electrons. The minimum atomic E-state index is -3.70. The molecule has 4 rings (SSSR count). The third-order valence-electron chi connectivity index (χ3n) is 5.02. The highest BCUT2D eigenvalue weighted by Crippen LogP contribution is 2.27. The van der Waals surface area contributed by atoms with Crippen LogP contribution in [0.25, 0.3) is 11.1 Å². The van der Waals surface area contributed by atoms with E-state index in [2.05, 4.69) is 10.1 Å². The summed E-state index contributed by atoms with van der Waals surface area (Å²) in [5.41, 5.74) is 1.06. The third kappa shape index (κ3) is 3.65. The van der Waals surface area contributed by atoms with Crippen LogP contribution in [0.5, 0.6) is 0 Å². The highest BCUT2D eigenvalue weighted by molar-refractivity contribution is 7.89. The van der Waals surface area contributed by atoms with E-state index in [0.717, 1.165) is 5.69 Å². The van der Waals surface area contributed by atoms with E-state index in [0.29, 0.717) is 25.2 Å². The molecule has 0 amide bonds. The molecule has 3 aromatic rings. The quantitative estimate of drug-likeness (QED) is 0.682. The van der Waals surface area contributed by atoms with Crippen molar-refractivity contribution in [1.29, 1.82) is 0 Å². The second kappa shape index (κ2) is 6.67. The fraction of sp³-hybridized carbons (Fsp3) is 0.421. The van der Waals surface area contributed by atoms with Gasteiger partial charge in [0.25, 0.3) is 5.56 Å². The van der Waals surface area contributed by atoms with E-state index in [1.54, 1.807) is 6.07 Å². The zero-order chi connectivity index (χ0) is 21.0. The summed E-state index contributed by atoms with van der Waals surface area (Å²) in [6.07, 6.45) is 0. The number of oxazole rings is 1. The van der Waals surface area contributed by atoms with E-state index < -0.39 is 15.8 Å². The molecule has 154 valence electrons. The van der Waals surface area contributed by atoms with Gasteiger partial charge in [-0.25, -0.2) is 17.9 Å². The molecule has 0 bridgehead atoms. The predicted octanol–water partition coefficient (Wildman–Crippen LogP) is 1.30. The summed E-state index contributed by atoms with van der Waals surface area (Å²) in [6, 6.07) is 7.52. The lowest BCUT2D eigenvalue weighted by Crippen LogP contribution is -2.52. The maximum atomic E-state index is 12.8. The van der Waals surface area contributed by atoms with Gasteiger partial charge in [-0.3, -0.25) is 9.78 Å². The van der Waals surface area contributed by atoms with Crippen molar-refractivity contribution in [2.45, 2.75) is 37.6 Å². The Morgan fingerprint density at radius 1 is 1.17 bits per heavy atom. The number of aromatic amines is 1. The molecular weight excluding hydrogens is 396 g/mol. The largest absolute Gasteiger partial charge is 0.417 e. The average molecular weight is 418 g/mol. The van der Waals surface area contributed by atoms with Gasteiger partial charge < -0.3 is 4.42 Å². The monoisotopic (exact) mass is 418 g/mol. The van der Waals surface area contributed by atoms with Crippen LogP contribution < -0.4 is 11.3 Å². The molecule has 10 heteroatoms. The molecule has 0 saturated carbocycles. The van der Waals surface area contributed by atoms with Crippen molar-refractivity contribution in [1.82, 2.24) is 19.1 Å². The summed E-state index contributed by atoms with van der Waals surface area (Å²) in [7, 11) is -3.70. The Morgan fingerprint density at radius 2 is 1.90 bits per heavy atom. The van der Waals surface area contributed by atoms with Crippen LogP contribution in [0.3, 0.4) is 0 Å². The first-order chi connectivity index (χ1) is 13.5. The van der Waals surface area contributed by atoms with Crippen molar-refractivity contribution in [3.05, 3.63) is 56.9 Å². The summed E-state index contributed by atoms with van der Waals surface area (Å²) >= 11 is 0. The predicted molar refractivity (Wildman–Crippen MR) is 106 cm³/mol. The smallest absolute Gasteiger partial charge is 0.408 e. The summed E-state index contributed by atoms with van der Waals surface area (Å²) in [5.74, 6) is -0.631. The second-order valence-electron chi connectivity index (χ2n) is 8.35. The van der Waals surface area contributed by atoms with Crippen molar-refractivity contribution >= 4 is 21.1 Å². The zero-order valence-electron chi connectivity index (χ0n) is 16.4. The summed E-state index contributed by atoms with van der Waals surface area (Å²) in [6.45, 7) is 7.01. The number of hydrogen-bond acceptors (Lipinski definition) is 6. The van der Waals surface area contributed by atoms with E-state index in [1.807, 2.05) is 20.8 Å². The molecule has 0 spiro atoms. The summed E-state index contributed by atoms with van der Waals surface area (Å²) in [4.78, 5) is 25.9. The van der Waals surface area contributed by atoms with Gasteiger partial charge in [-0.1, -0.05) is 20.8 Å². The van der Waals surface area contributed by atoms with Crippen LogP contribution in [0.4, 0.5) is 0 Å². The SMILES string of the molecule is CC(C)(C)c1ccc(=O)n(CC2CN(S(=O)(=O)c3ccc4[nH]c(=O)oc4c3)C2)n1. The first-order valence-corrected chi connectivity index (χ1v) is 10.7. The molecular formula is C19H22N4O5S. The number of benzene rings is 1. The highest BCUT2D eigenvalue weighted by atomic mass is 32.2. The maximum absolute atomic E-state index is 12.8. The molecule has 29 heavy (non-hydrogen) atoms. The van der Waals surface area contributed by atoms with E-state index in [1.165, 1.54) is 33.3 Å². The van der Waals surface area contributed by atoms with E-state index in [-0.39, 0.29) is 27.4 Å². The summed E-state index contributed by atoms with van der Waals surface area (Å²) in [5, 5.41) is 4.44. The first kappa shape index (κ1) is 19.6. The molecule has 0 unspecified atom stereocenters. The lowest BCUT2D eigenvalue weighted by Gasteiger charge is -2.38. The number of H-pyrrole nitrogens is 1. The molecule has 9 nitrogen and oxygen atoms in total. The second-order valence-corrected chi connectivity index (χ2v) is 10.3. The lowest BCUT2D eigenvalue weighted by atomic mass is 9.92. The van der Waals surface area contributed by atoms with Gasteiger partial charge in [0.15, 0.2) is 5.58 Å². The van der Waals surface area contributed by atoms with Crippen LogP contribution >= 0.6 is 0 Å². The van der Waals surface area contributed by atoms with Gasteiger partial charge in [0.05, 0.1) is 22.7 Å². The topological polar surface area (TPSA) is 118 Å². The molecule has 0 aliphatic carbocycles. The molecule has 1 aromatic carbocycles. The number of rotatable bonds is 4. The normalized spacial score (nSPS) is 16.2. The first-order valence-electron chi connectivity index (χ1n) is 9.26. The van der Waals surface area contributed by atoms with Gasteiger partial charge in [0.1, 0.15) is 0 Å². The van der Waals surface area contributed by atoms with Crippen LogP contribution in [-0.2, 0) is 22.0 Å². The minimum absolute atomic E-state index is 0.000819. The Balaban J connectivity index is 1.49. The Labute approximate surface area is 167 Å². The van der Waals surface area contributed by atoms with Crippen molar-refractivity contribution in [3.63, 3.8) is 0 Å². The van der Waals surface area contributed by atoms with E-state index in [9.17, 15) is 18.0 Å². The van der Waals surface area contributed by atoms with Crippen molar-refractivity contribution in [3.8, 4) is 0 Å². The number of aromatic nitrogens is 3. The third-order valence-corrected chi connectivity index (χ3v) is 6.85. The number of nitrogens with zero attached hydrogens (tertiary/aromatic N) is 3. The van der Waals surface area contributed by atoms with E-state index >= 15 is 0 Å². The van der Waals surface area contributed by atoms with E-state index in [4.69, 9.17) is 4.42 Å². The Morgan fingerprint density at radius 3 is 2.59 bits per heavy atom. The Hall–Kier alpha value is -2.72. The van der Waals surface area contributed by atoms with Crippen molar-refractivity contribution < 1.29 is 12.8 Å². The standard InChI is InChI=1S/C19H22N4O5S/c1-19(2,3)16-6-7-17(24)23(21-16)11-12-9-22(10-12)29(26,27)13-4-5-14-15(8-13)28-18(25)20-14/h4-8,12H,9-11H2,1-3H3,(H,20,25). The molecule has 1 N–H and O–H groups in total. The minimum Gasteiger partial charge on any atom is -0.408 e. The highest BCUT2D eigenvalue weighted by Gasteiger charge is 2.37. The zero-order valence-corrected chi connectivity index (χ0v) is 17.2. The lowest BCUT2D eigenvalue weighted by molar-refractivity contribution is 0.172. The average Bonchev–Trinajstić information content (AvgIpc) is 2.97. The number of nitrogens with one attached hydrogen (secondary N) is 1. The van der Waals surface area contributed by atoms with Gasteiger partial charge in [0.2, 0.25) is 10.0 Å². The number of sulfonamides is 1.